The number of thiophene rings is 2. The van der Waals surface area contributed by atoms with Gasteiger partial charge in [0.2, 0.25) is 5.96 Å². The van der Waals surface area contributed by atoms with E-state index in [1.54, 1.807) is 32.0 Å². The first-order valence-electron chi connectivity index (χ1n) is 18.8. The summed E-state index contributed by atoms with van der Waals surface area (Å²) in [5.74, 6) is 2.42. The fourth-order valence-electron chi connectivity index (χ4n) is 5.65. The van der Waals surface area contributed by atoms with Crippen LogP contribution in [0.4, 0.5) is 44.1 Å². The minimum absolute atomic E-state index is 0.230. The molecule has 15 nitrogen and oxygen atoms in total. The van der Waals surface area contributed by atoms with Crippen molar-refractivity contribution in [2.75, 3.05) is 77.4 Å². The molecule has 0 aliphatic carbocycles. The van der Waals surface area contributed by atoms with E-state index < -0.39 is 16.3 Å². The summed E-state index contributed by atoms with van der Waals surface area (Å²) in [6, 6.07) is 14.3. The molecule has 0 aliphatic rings. The van der Waals surface area contributed by atoms with Crippen LogP contribution in [0.5, 0.6) is 11.5 Å². The van der Waals surface area contributed by atoms with Crippen molar-refractivity contribution in [1.82, 2.24) is 0 Å². The van der Waals surface area contributed by atoms with E-state index in [0.717, 1.165) is 80.3 Å². The molecule has 0 amide bonds. The molecule has 0 spiro atoms. The number of rotatable bonds is 19. The van der Waals surface area contributed by atoms with E-state index >= 15 is 0 Å². The van der Waals surface area contributed by atoms with Crippen LogP contribution in [0.1, 0.15) is 48.5 Å². The summed E-state index contributed by atoms with van der Waals surface area (Å²) >= 11 is 8.36. The number of benzene rings is 2. The maximum atomic E-state index is 11.7. The third-order valence-corrected chi connectivity index (χ3v) is 12.7. The molecule has 0 saturated carbocycles. The number of nitrogens with zero attached hydrogens (tertiary/aromatic N) is 6. The van der Waals surface area contributed by atoms with Gasteiger partial charge in [-0.05, 0) is 83.7 Å². The summed E-state index contributed by atoms with van der Waals surface area (Å²) in [5.41, 5.74) is 10.8. The van der Waals surface area contributed by atoms with Crippen LogP contribution in [0.2, 0.25) is 0 Å². The first kappa shape index (κ1) is 48.9. The molecule has 1 atom stereocenters. The van der Waals surface area contributed by atoms with Gasteiger partial charge >= 0.3 is 10.1 Å². The molecule has 1 unspecified atom stereocenters. The van der Waals surface area contributed by atoms with Gasteiger partial charge in [0.15, 0.2) is 0 Å². The number of methoxy groups -OCH3 is 2. The molecule has 4 aromatic rings. The van der Waals surface area contributed by atoms with Gasteiger partial charge in [0, 0.05) is 38.3 Å². The van der Waals surface area contributed by atoms with E-state index in [2.05, 4.69) is 102 Å². The van der Waals surface area contributed by atoms with Crippen LogP contribution in [0.15, 0.2) is 90.3 Å². The lowest BCUT2D eigenvalue weighted by molar-refractivity contribution is 0.414. The van der Waals surface area contributed by atoms with Crippen LogP contribution in [0.3, 0.4) is 0 Å². The highest BCUT2D eigenvalue weighted by Gasteiger charge is 2.20. The van der Waals surface area contributed by atoms with Gasteiger partial charge in [-0.1, -0.05) is 6.92 Å². The third kappa shape index (κ3) is 14.1. The van der Waals surface area contributed by atoms with Crippen molar-refractivity contribution in [3.8, 4) is 11.5 Å². The number of guanidine groups is 1. The van der Waals surface area contributed by atoms with Crippen molar-refractivity contribution in [3.63, 3.8) is 0 Å². The fraction of sp³-hybridized carbons (Fsp3) is 0.385. The zero-order valence-corrected chi connectivity index (χ0v) is 39.2. The first-order valence-corrected chi connectivity index (χ1v) is 23.3. The van der Waals surface area contributed by atoms with Crippen LogP contribution in [-0.2, 0) is 10.1 Å². The molecule has 2 heterocycles. The number of hydrogen-bond donors (Lipinski definition) is 6. The van der Waals surface area contributed by atoms with Crippen LogP contribution < -0.4 is 40.8 Å². The molecule has 322 valence electrons. The minimum Gasteiger partial charge on any atom is -0.495 e. The Morgan fingerprint density at radius 2 is 1.47 bits per heavy atom. The van der Waals surface area contributed by atoms with Crippen molar-refractivity contribution < 1.29 is 22.4 Å². The Balaban J connectivity index is 0.00000458. The van der Waals surface area contributed by atoms with E-state index in [-0.39, 0.29) is 9.21 Å². The van der Waals surface area contributed by atoms with Crippen molar-refractivity contribution in [2.45, 2.75) is 63.1 Å². The number of aliphatic imine (C=N–C) groups is 2. The lowest BCUT2D eigenvalue weighted by atomic mass is 10.2. The largest absolute Gasteiger partial charge is 0.495 e. The van der Waals surface area contributed by atoms with Crippen molar-refractivity contribution >= 4 is 112 Å². The molecule has 0 fully saturated rings. The second-order valence-corrected chi connectivity index (χ2v) is 18.1. The molecule has 2 aromatic carbocycles. The van der Waals surface area contributed by atoms with Crippen molar-refractivity contribution in [3.05, 3.63) is 61.7 Å². The Hall–Kier alpha value is -4.47. The van der Waals surface area contributed by atoms with Gasteiger partial charge in [0.05, 0.1) is 51.9 Å². The molecule has 20 heteroatoms. The molecule has 2 aromatic heterocycles. The molecule has 0 saturated heterocycles. The monoisotopic (exact) mass is 904 g/mol. The molecule has 5 N–H and O–H groups in total. The SMILES string of the molecule is C=C.CCS/C(C)=N/C(=N\C(C)Nc1cc(N(CC)CC)c(OC)cc1NNc1ccc(S)s1)Nc1cc(N(CC)CC)c(OC)cc1N=Nc1ccc(S(=O)(=O)O)s1. The predicted octanol–water partition coefficient (Wildman–Crippen LogP) is 11.1. The smallest absolute Gasteiger partial charge is 0.304 e. The minimum atomic E-state index is -4.38. The lowest BCUT2D eigenvalue weighted by Gasteiger charge is -2.26. The van der Waals surface area contributed by atoms with E-state index in [1.165, 1.54) is 23.5 Å². The average Bonchev–Trinajstić information content (AvgIpc) is 3.88. The Kier molecular flexibility index (Phi) is 19.9. The molecule has 59 heavy (non-hydrogen) atoms. The van der Waals surface area contributed by atoms with Gasteiger partial charge in [-0.2, -0.15) is 8.42 Å². The zero-order valence-electron chi connectivity index (χ0n) is 35.0. The summed E-state index contributed by atoms with van der Waals surface area (Å²) in [6.07, 6.45) is -0.504. The molecule has 0 radical (unpaired) electrons. The Labute approximate surface area is 366 Å². The number of ether oxygens (including phenoxy) is 2. The zero-order chi connectivity index (χ0) is 43.7. The number of anilines is 6. The summed E-state index contributed by atoms with van der Waals surface area (Å²) in [5, 5.41) is 17.8. The number of azo groups is 1. The quantitative estimate of drug-likeness (QED) is 0.01000. The van der Waals surface area contributed by atoms with Crippen LogP contribution >= 0.6 is 47.1 Å². The van der Waals surface area contributed by atoms with E-state index in [9.17, 15) is 13.0 Å². The maximum Gasteiger partial charge on any atom is 0.304 e. The van der Waals surface area contributed by atoms with Crippen molar-refractivity contribution in [2.24, 2.45) is 20.2 Å². The Bertz CT molecular complexity index is 2170. The normalized spacial score (nSPS) is 12.4. The highest BCUT2D eigenvalue weighted by molar-refractivity contribution is 8.13. The molecular weight excluding hydrogens is 849 g/mol. The summed E-state index contributed by atoms with van der Waals surface area (Å²) in [6.45, 7) is 23.3. The number of hydrogen-bond acceptors (Lipinski definition) is 16. The van der Waals surface area contributed by atoms with Gasteiger partial charge in [-0.3, -0.25) is 15.4 Å². The summed E-state index contributed by atoms with van der Waals surface area (Å²) < 4.78 is 45.2. The predicted molar refractivity (Wildman–Crippen MR) is 257 cm³/mol. The molecule has 4 rings (SSSR count). The van der Waals surface area contributed by atoms with E-state index in [4.69, 9.17) is 19.5 Å². The standard InChI is InChI=1S/C37H52N10O5S5.C2H4/c1-10-46(11-2)29-19-25(27(21-31(29)51-8)42-44-33-15-17-35(53)55-33)38-23(6)39-37(40-24(7)54-14-5)41-26-20-30(47(12-3)13-4)32(52-9)22-28(26)43-45-34-16-18-36(56-34)57(48,49)50;1-2/h15-23,38,42,44,53H,10-14H2,1-9H3,(H,39,41)(H,48,49,50);1-2H2/b40-24+,45-43?;. The second-order valence-electron chi connectivity index (χ2n) is 12.1. The number of nitrogens with one attached hydrogen (secondary N) is 4. The van der Waals surface area contributed by atoms with E-state index in [0.29, 0.717) is 28.8 Å². The molecular formula is C39H56N10O5S5. The average molecular weight is 905 g/mol. The highest BCUT2D eigenvalue weighted by Crippen LogP contribution is 2.41. The topological polar surface area (TPSA) is 177 Å². The van der Waals surface area contributed by atoms with Crippen molar-refractivity contribution in [1.29, 1.82) is 0 Å². The summed E-state index contributed by atoms with van der Waals surface area (Å²) in [7, 11) is -1.13. The van der Waals surface area contributed by atoms with Gasteiger partial charge in [-0.25, -0.2) is 9.98 Å². The number of hydrazine groups is 1. The summed E-state index contributed by atoms with van der Waals surface area (Å²) in [4.78, 5) is 14.3. The number of thioether (sulfide) groups is 1. The number of thiol groups is 1. The van der Waals surface area contributed by atoms with Gasteiger partial charge in [0.1, 0.15) is 37.6 Å². The van der Waals surface area contributed by atoms with Gasteiger partial charge in [0.25, 0.3) is 0 Å². The van der Waals surface area contributed by atoms with Gasteiger partial charge in [-0.15, -0.1) is 70.5 Å². The molecule has 0 aliphatic heterocycles. The Morgan fingerprint density at radius 1 is 0.864 bits per heavy atom. The maximum absolute atomic E-state index is 11.7. The van der Waals surface area contributed by atoms with Crippen LogP contribution in [0.25, 0.3) is 0 Å². The highest BCUT2D eigenvalue weighted by atomic mass is 32.3. The van der Waals surface area contributed by atoms with E-state index in [1.807, 2.05) is 44.2 Å². The van der Waals surface area contributed by atoms with Gasteiger partial charge < -0.3 is 29.9 Å². The first-order chi connectivity index (χ1) is 28.3. The van der Waals surface area contributed by atoms with Crippen LogP contribution in [0, 0.1) is 0 Å². The Morgan fingerprint density at radius 3 is 2.00 bits per heavy atom. The lowest BCUT2D eigenvalue weighted by Crippen LogP contribution is -2.24. The van der Waals surface area contributed by atoms with Crippen LogP contribution in [-0.4, -0.2) is 76.3 Å². The second kappa shape index (κ2) is 24.0. The third-order valence-electron chi connectivity index (χ3n) is 8.36. The fourth-order valence-corrected chi connectivity index (χ4v) is 8.67. The molecule has 0 bridgehead atoms.